The van der Waals surface area contributed by atoms with Crippen molar-refractivity contribution in [3.63, 3.8) is 0 Å². The van der Waals surface area contributed by atoms with E-state index < -0.39 is 0 Å². The summed E-state index contributed by atoms with van der Waals surface area (Å²) in [6.45, 7) is 4.50. The Balaban J connectivity index is 2.13. The van der Waals surface area contributed by atoms with Crippen molar-refractivity contribution >= 4 is 10.9 Å². The quantitative estimate of drug-likeness (QED) is 0.686. The molecule has 0 aliphatic carbocycles. The standard InChI is InChI=1S/C14H20N2/c1-3-4-5-8-12(2)16-14-10-7-6-9-13(14)11-15-16/h6-7,9-12H,3-5,8H2,1-2H3. The summed E-state index contributed by atoms with van der Waals surface area (Å²) in [4.78, 5) is 0. The molecule has 1 heterocycles. The van der Waals surface area contributed by atoms with E-state index in [9.17, 15) is 0 Å². The highest BCUT2D eigenvalue weighted by Crippen LogP contribution is 2.21. The molecule has 2 aromatic rings. The fraction of sp³-hybridized carbons (Fsp3) is 0.500. The lowest BCUT2D eigenvalue weighted by atomic mass is 10.1. The maximum atomic E-state index is 4.49. The lowest BCUT2D eigenvalue weighted by Crippen LogP contribution is -2.06. The number of fused-ring (bicyclic) bond motifs is 1. The molecule has 16 heavy (non-hydrogen) atoms. The van der Waals surface area contributed by atoms with Gasteiger partial charge in [0.25, 0.3) is 0 Å². The van der Waals surface area contributed by atoms with Gasteiger partial charge in [-0.25, -0.2) is 0 Å². The van der Waals surface area contributed by atoms with Crippen molar-refractivity contribution in [3.8, 4) is 0 Å². The van der Waals surface area contributed by atoms with E-state index in [4.69, 9.17) is 0 Å². The Morgan fingerprint density at radius 2 is 2.06 bits per heavy atom. The predicted molar refractivity (Wildman–Crippen MR) is 68.6 cm³/mol. The molecule has 1 unspecified atom stereocenters. The lowest BCUT2D eigenvalue weighted by Gasteiger charge is -2.13. The van der Waals surface area contributed by atoms with Crippen LogP contribution in [0.1, 0.15) is 45.6 Å². The first kappa shape index (κ1) is 11.2. The zero-order valence-electron chi connectivity index (χ0n) is 10.2. The second kappa shape index (κ2) is 5.15. The topological polar surface area (TPSA) is 17.8 Å². The van der Waals surface area contributed by atoms with Crippen molar-refractivity contribution < 1.29 is 0 Å². The number of nitrogens with zero attached hydrogens (tertiary/aromatic N) is 2. The van der Waals surface area contributed by atoms with Crippen LogP contribution in [0.3, 0.4) is 0 Å². The second-order valence-corrected chi connectivity index (χ2v) is 4.49. The zero-order chi connectivity index (χ0) is 11.4. The third-order valence-electron chi connectivity index (χ3n) is 3.15. The van der Waals surface area contributed by atoms with Crippen molar-refractivity contribution in [1.82, 2.24) is 9.78 Å². The summed E-state index contributed by atoms with van der Waals surface area (Å²) in [7, 11) is 0. The number of para-hydroxylation sites is 1. The molecule has 1 aromatic heterocycles. The first-order chi connectivity index (χ1) is 7.83. The van der Waals surface area contributed by atoms with Gasteiger partial charge in [0, 0.05) is 11.4 Å². The minimum atomic E-state index is 0.506. The van der Waals surface area contributed by atoms with E-state index in [1.165, 1.54) is 36.6 Å². The maximum absolute atomic E-state index is 4.49. The molecule has 2 rings (SSSR count). The van der Waals surface area contributed by atoms with Gasteiger partial charge in [-0.05, 0) is 19.4 Å². The van der Waals surface area contributed by atoms with Crippen molar-refractivity contribution in [2.45, 2.75) is 45.6 Å². The van der Waals surface area contributed by atoms with Gasteiger partial charge in [0.05, 0.1) is 11.7 Å². The molecule has 1 atom stereocenters. The highest BCUT2D eigenvalue weighted by atomic mass is 15.3. The molecule has 1 aromatic carbocycles. The summed E-state index contributed by atoms with van der Waals surface area (Å²) < 4.78 is 2.16. The van der Waals surface area contributed by atoms with Gasteiger partial charge in [-0.2, -0.15) is 5.10 Å². The molecule has 0 amide bonds. The van der Waals surface area contributed by atoms with Gasteiger partial charge >= 0.3 is 0 Å². The van der Waals surface area contributed by atoms with Crippen LogP contribution >= 0.6 is 0 Å². The van der Waals surface area contributed by atoms with Crippen LogP contribution in [0, 0.1) is 0 Å². The van der Waals surface area contributed by atoms with Crippen LogP contribution in [0.4, 0.5) is 0 Å². The van der Waals surface area contributed by atoms with E-state index >= 15 is 0 Å². The smallest absolute Gasteiger partial charge is 0.0685 e. The molecule has 0 fully saturated rings. The first-order valence-electron chi connectivity index (χ1n) is 6.25. The number of benzene rings is 1. The number of rotatable bonds is 5. The average molecular weight is 216 g/mol. The summed E-state index contributed by atoms with van der Waals surface area (Å²) >= 11 is 0. The van der Waals surface area contributed by atoms with E-state index in [0.717, 1.165) is 0 Å². The van der Waals surface area contributed by atoms with Crippen LogP contribution in [-0.2, 0) is 0 Å². The van der Waals surface area contributed by atoms with Crippen LogP contribution in [0.5, 0.6) is 0 Å². The van der Waals surface area contributed by atoms with Crippen molar-refractivity contribution in [2.24, 2.45) is 0 Å². The molecular weight excluding hydrogens is 196 g/mol. The third kappa shape index (κ3) is 2.26. The van der Waals surface area contributed by atoms with Gasteiger partial charge in [-0.1, -0.05) is 44.4 Å². The Kier molecular flexibility index (Phi) is 3.60. The fourth-order valence-corrected chi connectivity index (χ4v) is 2.16. The molecule has 86 valence electrons. The minimum Gasteiger partial charge on any atom is -0.262 e. The van der Waals surface area contributed by atoms with E-state index in [-0.39, 0.29) is 0 Å². The van der Waals surface area contributed by atoms with E-state index in [1.54, 1.807) is 0 Å². The molecule has 0 spiro atoms. The van der Waals surface area contributed by atoms with E-state index in [1.807, 2.05) is 6.20 Å². The molecule has 2 heteroatoms. The van der Waals surface area contributed by atoms with Crippen LogP contribution in [-0.4, -0.2) is 9.78 Å². The second-order valence-electron chi connectivity index (χ2n) is 4.49. The Morgan fingerprint density at radius 1 is 1.25 bits per heavy atom. The van der Waals surface area contributed by atoms with Crippen molar-refractivity contribution in [2.75, 3.05) is 0 Å². The average Bonchev–Trinajstić information content (AvgIpc) is 2.73. The molecule has 0 N–H and O–H groups in total. The summed E-state index contributed by atoms with van der Waals surface area (Å²) in [6, 6.07) is 8.93. The van der Waals surface area contributed by atoms with Crippen LogP contribution in [0.25, 0.3) is 10.9 Å². The van der Waals surface area contributed by atoms with E-state index in [0.29, 0.717) is 6.04 Å². The van der Waals surface area contributed by atoms with Crippen molar-refractivity contribution in [3.05, 3.63) is 30.5 Å². The number of unbranched alkanes of at least 4 members (excludes halogenated alkanes) is 2. The summed E-state index contributed by atoms with van der Waals surface area (Å²) in [5.41, 5.74) is 1.26. The Hall–Kier alpha value is -1.31. The number of hydrogen-bond acceptors (Lipinski definition) is 1. The van der Waals surface area contributed by atoms with Gasteiger partial charge in [-0.15, -0.1) is 0 Å². The minimum absolute atomic E-state index is 0.506. The Bertz CT molecular complexity index is 445. The van der Waals surface area contributed by atoms with Crippen LogP contribution < -0.4 is 0 Å². The van der Waals surface area contributed by atoms with Gasteiger partial charge in [-0.3, -0.25) is 4.68 Å². The normalized spacial score (nSPS) is 13.1. The predicted octanol–water partition coefficient (Wildman–Crippen LogP) is 4.18. The Morgan fingerprint density at radius 3 is 2.88 bits per heavy atom. The van der Waals surface area contributed by atoms with Crippen LogP contribution in [0.2, 0.25) is 0 Å². The largest absolute Gasteiger partial charge is 0.262 e. The SMILES string of the molecule is CCCCCC(C)n1ncc2ccccc21. The number of hydrogen-bond donors (Lipinski definition) is 0. The Labute approximate surface area is 97.3 Å². The monoisotopic (exact) mass is 216 g/mol. The molecular formula is C14H20N2. The molecule has 0 saturated carbocycles. The zero-order valence-corrected chi connectivity index (χ0v) is 10.2. The van der Waals surface area contributed by atoms with Crippen molar-refractivity contribution in [1.29, 1.82) is 0 Å². The maximum Gasteiger partial charge on any atom is 0.0685 e. The summed E-state index contributed by atoms with van der Waals surface area (Å²) in [6.07, 6.45) is 7.09. The first-order valence-corrected chi connectivity index (χ1v) is 6.25. The van der Waals surface area contributed by atoms with Gasteiger partial charge in [0.15, 0.2) is 0 Å². The summed E-state index contributed by atoms with van der Waals surface area (Å²) in [5.74, 6) is 0. The molecule has 0 radical (unpaired) electrons. The molecule has 0 aliphatic rings. The lowest BCUT2D eigenvalue weighted by molar-refractivity contribution is 0.450. The molecule has 2 nitrogen and oxygen atoms in total. The molecule has 0 bridgehead atoms. The third-order valence-corrected chi connectivity index (χ3v) is 3.15. The highest BCUT2D eigenvalue weighted by Gasteiger charge is 2.08. The summed E-state index contributed by atoms with van der Waals surface area (Å²) in [5, 5.41) is 5.73. The van der Waals surface area contributed by atoms with Gasteiger partial charge in [0.2, 0.25) is 0 Å². The van der Waals surface area contributed by atoms with Crippen LogP contribution in [0.15, 0.2) is 30.5 Å². The van der Waals surface area contributed by atoms with E-state index in [2.05, 4.69) is 47.9 Å². The van der Waals surface area contributed by atoms with Gasteiger partial charge < -0.3 is 0 Å². The molecule has 0 saturated heterocycles. The highest BCUT2D eigenvalue weighted by molar-refractivity contribution is 5.78. The van der Waals surface area contributed by atoms with Gasteiger partial charge in [0.1, 0.15) is 0 Å². The fourth-order valence-electron chi connectivity index (χ4n) is 2.16. The molecule has 0 aliphatic heterocycles. The number of aromatic nitrogens is 2.